The molecule has 0 atom stereocenters. The minimum atomic E-state index is -0.523. The van der Waals surface area contributed by atoms with E-state index in [0.717, 1.165) is 24.2 Å². The summed E-state index contributed by atoms with van der Waals surface area (Å²) in [6, 6.07) is 5.90. The van der Waals surface area contributed by atoms with Crippen LogP contribution in [0.25, 0.3) is 0 Å². The van der Waals surface area contributed by atoms with E-state index in [1.165, 1.54) is 18.2 Å². The Labute approximate surface area is 105 Å². The van der Waals surface area contributed by atoms with Crippen LogP contribution in [0.3, 0.4) is 0 Å². The minimum Gasteiger partial charge on any atom is -0.265 e. The monoisotopic (exact) mass is 250 g/mol. The number of benzene rings is 1. The predicted molar refractivity (Wildman–Crippen MR) is 66.4 cm³/mol. The van der Waals surface area contributed by atoms with Crippen molar-refractivity contribution in [2.24, 2.45) is 0 Å². The Balaban J connectivity index is 2.36. The summed E-state index contributed by atoms with van der Waals surface area (Å²) in [5.74, 6) is -1.05. The van der Waals surface area contributed by atoms with Gasteiger partial charge in [0, 0.05) is 11.3 Å². The van der Waals surface area contributed by atoms with E-state index in [-0.39, 0.29) is 12.1 Å². The quantitative estimate of drug-likeness (QED) is 0.813. The van der Waals surface area contributed by atoms with Crippen molar-refractivity contribution < 1.29 is 8.78 Å². The molecule has 0 saturated heterocycles. The normalized spacial score (nSPS) is 10.9. The summed E-state index contributed by atoms with van der Waals surface area (Å²) in [4.78, 5) is 0. The van der Waals surface area contributed by atoms with Crippen LogP contribution in [-0.2, 0) is 19.4 Å². The number of rotatable bonds is 4. The molecule has 0 radical (unpaired) electrons. The van der Waals surface area contributed by atoms with Gasteiger partial charge in [0.2, 0.25) is 0 Å². The maximum atomic E-state index is 13.6. The second-order valence-corrected chi connectivity index (χ2v) is 4.19. The number of hydrogen-bond donors (Lipinski definition) is 0. The van der Waals surface area contributed by atoms with Crippen LogP contribution in [0.2, 0.25) is 0 Å². The molecule has 0 bridgehead atoms. The van der Waals surface area contributed by atoms with E-state index in [2.05, 4.69) is 5.10 Å². The molecular weight excluding hydrogens is 234 g/mol. The van der Waals surface area contributed by atoms with Crippen LogP contribution in [0.15, 0.2) is 24.3 Å². The molecule has 1 aromatic carbocycles. The van der Waals surface area contributed by atoms with Crippen molar-refractivity contribution in [3.63, 3.8) is 0 Å². The van der Waals surface area contributed by atoms with E-state index in [9.17, 15) is 8.78 Å². The number of hydrogen-bond acceptors (Lipinski definition) is 1. The second kappa shape index (κ2) is 5.29. The average Bonchev–Trinajstić information content (AvgIpc) is 2.76. The van der Waals surface area contributed by atoms with Crippen LogP contribution in [0, 0.1) is 11.6 Å². The lowest BCUT2D eigenvalue weighted by molar-refractivity contribution is 0.525. The molecule has 0 amide bonds. The number of aryl methyl sites for hydroxylation is 2. The molecule has 1 aromatic heterocycles. The first-order valence-corrected chi connectivity index (χ1v) is 6.14. The fraction of sp³-hybridized carbons (Fsp3) is 0.357. The summed E-state index contributed by atoms with van der Waals surface area (Å²) >= 11 is 0. The molecule has 0 aliphatic heterocycles. The van der Waals surface area contributed by atoms with Gasteiger partial charge in [-0.3, -0.25) is 4.68 Å². The third-order valence-corrected chi connectivity index (χ3v) is 3.01. The lowest BCUT2D eigenvalue weighted by Gasteiger charge is -2.08. The largest absolute Gasteiger partial charge is 0.265 e. The highest BCUT2D eigenvalue weighted by atomic mass is 19.1. The summed E-state index contributed by atoms with van der Waals surface area (Å²) in [6.07, 6.45) is 1.61. The van der Waals surface area contributed by atoms with E-state index in [4.69, 9.17) is 0 Å². The maximum Gasteiger partial charge on any atom is 0.131 e. The molecule has 4 heteroatoms. The maximum absolute atomic E-state index is 13.6. The van der Waals surface area contributed by atoms with Crippen LogP contribution in [-0.4, -0.2) is 9.78 Å². The van der Waals surface area contributed by atoms with Crippen LogP contribution in [0.1, 0.15) is 30.8 Å². The standard InChI is InChI=1S/C14H16F2N2/c1-3-10-8-11(4-2)18(17-10)9-12-13(15)6-5-7-14(12)16/h5-8H,3-4,9H2,1-2H3. The van der Waals surface area contributed by atoms with Gasteiger partial charge in [0.15, 0.2) is 0 Å². The zero-order chi connectivity index (χ0) is 13.1. The zero-order valence-electron chi connectivity index (χ0n) is 10.6. The fourth-order valence-corrected chi connectivity index (χ4v) is 1.94. The Hall–Kier alpha value is -1.71. The Morgan fingerprint density at radius 2 is 1.78 bits per heavy atom. The van der Waals surface area contributed by atoms with Gasteiger partial charge >= 0.3 is 0 Å². The van der Waals surface area contributed by atoms with Crippen LogP contribution in [0.5, 0.6) is 0 Å². The number of nitrogens with zero attached hydrogens (tertiary/aromatic N) is 2. The van der Waals surface area contributed by atoms with Gasteiger partial charge in [0.1, 0.15) is 11.6 Å². The summed E-state index contributed by atoms with van der Waals surface area (Å²) < 4.78 is 28.8. The first-order valence-electron chi connectivity index (χ1n) is 6.14. The van der Waals surface area contributed by atoms with Crippen molar-refractivity contribution in [2.75, 3.05) is 0 Å². The summed E-state index contributed by atoms with van der Waals surface area (Å²) in [5.41, 5.74) is 2.01. The number of halogens is 2. The Kier molecular flexibility index (Phi) is 3.75. The molecule has 0 aliphatic carbocycles. The SMILES string of the molecule is CCc1cc(CC)n(Cc2c(F)cccc2F)n1. The Morgan fingerprint density at radius 3 is 2.33 bits per heavy atom. The first-order chi connectivity index (χ1) is 8.65. The molecule has 0 saturated carbocycles. The van der Waals surface area contributed by atoms with Crippen molar-refractivity contribution in [1.29, 1.82) is 0 Å². The third kappa shape index (κ3) is 2.42. The Bertz CT molecular complexity index is 526. The van der Waals surface area contributed by atoms with Gasteiger partial charge in [-0.25, -0.2) is 8.78 Å². The van der Waals surface area contributed by atoms with E-state index in [1.54, 1.807) is 4.68 Å². The van der Waals surface area contributed by atoms with Gasteiger partial charge in [-0.1, -0.05) is 19.9 Å². The van der Waals surface area contributed by atoms with Crippen LogP contribution >= 0.6 is 0 Å². The molecule has 0 N–H and O–H groups in total. The van der Waals surface area contributed by atoms with E-state index in [0.29, 0.717) is 0 Å². The van der Waals surface area contributed by atoms with Crippen molar-refractivity contribution in [1.82, 2.24) is 9.78 Å². The topological polar surface area (TPSA) is 17.8 Å². The van der Waals surface area contributed by atoms with E-state index >= 15 is 0 Å². The molecule has 0 aliphatic rings. The smallest absolute Gasteiger partial charge is 0.131 e. The van der Waals surface area contributed by atoms with Gasteiger partial charge in [-0.2, -0.15) is 5.10 Å². The fourth-order valence-electron chi connectivity index (χ4n) is 1.94. The zero-order valence-corrected chi connectivity index (χ0v) is 10.6. The van der Waals surface area contributed by atoms with E-state index < -0.39 is 11.6 Å². The lowest BCUT2D eigenvalue weighted by Crippen LogP contribution is -2.09. The van der Waals surface area contributed by atoms with E-state index in [1.807, 2.05) is 19.9 Å². The van der Waals surface area contributed by atoms with Gasteiger partial charge in [0.05, 0.1) is 12.2 Å². The van der Waals surface area contributed by atoms with Crippen molar-refractivity contribution in [2.45, 2.75) is 33.2 Å². The van der Waals surface area contributed by atoms with Gasteiger partial charge in [0.25, 0.3) is 0 Å². The molecule has 2 rings (SSSR count). The molecule has 0 spiro atoms. The van der Waals surface area contributed by atoms with Gasteiger partial charge < -0.3 is 0 Å². The van der Waals surface area contributed by atoms with Crippen molar-refractivity contribution in [3.05, 3.63) is 52.9 Å². The lowest BCUT2D eigenvalue weighted by atomic mass is 10.2. The molecule has 2 nitrogen and oxygen atoms in total. The second-order valence-electron chi connectivity index (χ2n) is 4.19. The highest BCUT2D eigenvalue weighted by molar-refractivity contribution is 5.21. The average molecular weight is 250 g/mol. The number of aromatic nitrogens is 2. The highest BCUT2D eigenvalue weighted by Crippen LogP contribution is 2.15. The predicted octanol–water partition coefficient (Wildman–Crippen LogP) is 3.33. The summed E-state index contributed by atoms with van der Waals surface area (Å²) in [7, 11) is 0. The van der Waals surface area contributed by atoms with Crippen molar-refractivity contribution in [3.8, 4) is 0 Å². The molecule has 0 unspecified atom stereocenters. The highest BCUT2D eigenvalue weighted by Gasteiger charge is 2.12. The molecule has 96 valence electrons. The molecule has 18 heavy (non-hydrogen) atoms. The minimum absolute atomic E-state index is 0.0675. The third-order valence-electron chi connectivity index (χ3n) is 3.01. The molecule has 1 heterocycles. The molecule has 2 aromatic rings. The summed E-state index contributed by atoms with van der Waals surface area (Å²) in [5, 5.41) is 4.36. The van der Waals surface area contributed by atoms with Crippen molar-refractivity contribution >= 4 is 0 Å². The first kappa shape index (κ1) is 12.7. The van der Waals surface area contributed by atoms with Gasteiger partial charge in [-0.05, 0) is 31.0 Å². The van der Waals surface area contributed by atoms with Crippen LogP contribution in [0.4, 0.5) is 8.78 Å². The van der Waals surface area contributed by atoms with Crippen LogP contribution < -0.4 is 0 Å². The Morgan fingerprint density at radius 1 is 1.11 bits per heavy atom. The van der Waals surface area contributed by atoms with Gasteiger partial charge in [-0.15, -0.1) is 0 Å². The molecule has 0 fully saturated rings. The summed E-state index contributed by atoms with van der Waals surface area (Å²) in [6.45, 7) is 4.15. The molecular formula is C14H16F2N2.